The second kappa shape index (κ2) is 5.96. The first-order valence-corrected chi connectivity index (χ1v) is 7.00. The van der Waals surface area contributed by atoms with Gasteiger partial charge in [-0.05, 0) is 58.3 Å². The molecule has 0 aliphatic carbocycles. The van der Waals surface area contributed by atoms with Crippen molar-refractivity contribution in [3.05, 3.63) is 35.9 Å². The zero-order chi connectivity index (χ0) is 16.4. The molecule has 1 aromatic heterocycles. The summed E-state index contributed by atoms with van der Waals surface area (Å²) in [6.07, 6.45) is 0. The predicted octanol–water partition coefficient (Wildman–Crippen LogP) is 2.44. The average Bonchev–Trinajstić information content (AvgIpc) is 3.08. The summed E-state index contributed by atoms with van der Waals surface area (Å²) < 4.78 is 10.7. The number of benzene rings is 2. The van der Waals surface area contributed by atoms with Crippen molar-refractivity contribution < 1.29 is 9.47 Å². The minimum Gasteiger partial charge on any atom is -0.493 e. The summed E-state index contributed by atoms with van der Waals surface area (Å²) in [5, 5.41) is 14.1. The fraction of sp³-hybridized carbons (Fsp3) is 0.188. The molecular weight excluding hydrogens is 294 g/mol. The molecule has 3 rings (SSSR count). The number of nitrogens with two attached hydrogens (primary N) is 1. The lowest BCUT2D eigenvalue weighted by atomic mass is 9.93. The number of nitrogens with one attached hydrogen (secondary N) is 1. The highest BCUT2D eigenvalue weighted by atomic mass is 16.5. The first-order chi connectivity index (χ1) is 11.1. The van der Waals surface area contributed by atoms with E-state index in [4.69, 9.17) is 15.2 Å². The van der Waals surface area contributed by atoms with Crippen molar-refractivity contribution in [1.29, 1.82) is 0 Å². The molecule has 0 bridgehead atoms. The molecule has 118 valence electrons. The third-order valence-electron chi connectivity index (χ3n) is 3.63. The van der Waals surface area contributed by atoms with Crippen LogP contribution >= 0.6 is 0 Å². The highest BCUT2D eigenvalue weighted by Crippen LogP contribution is 2.38. The molecule has 3 N–H and O–H groups in total. The van der Waals surface area contributed by atoms with Crippen molar-refractivity contribution in [2.45, 2.75) is 6.92 Å². The van der Waals surface area contributed by atoms with Gasteiger partial charge >= 0.3 is 0 Å². The van der Waals surface area contributed by atoms with Crippen LogP contribution in [-0.4, -0.2) is 34.8 Å². The Balaban J connectivity index is 2.24. The van der Waals surface area contributed by atoms with E-state index in [1.165, 1.54) is 0 Å². The molecule has 0 fully saturated rings. The van der Waals surface area contributed by atoms with E-state index in [1.54, 1.807) is 14.2 Å². The van der Waals surface area contributed by atoms with Gasteiger partial charge in [0.2, 0.25) is 0 Å². The van der Waals surface area contributed by atoms with E-state index in [-0.39, 0.29) is 0 Å². The van der Waals surface area contributed by atoms with Crippen LogP contribution in [0.25, 0.3) is 22.5 Å². The maximum Gasteiger partial charge on any atom is 0.180 e. The van der Waals surface area contributed by atoms with E-state index in [9.17, 15) is 0 Å². The summed E-state index contributed by atoms with van der Waals surface area (Å²) >= 11 is 0. The Labute approximate surface area is 133 Å². The standard InChI is InChI=1S/C16H17N5O2/c1-9-6-11(17)8-12(16-18-20-21-19-16)15(9)10-4-5-13(22-2)14(7-10)23-3/h4-8H,17H2,1-3H3,(H,18,19,20,21). The van der Waals surface area contributed by atoms with Gasteiger partial charge in [0.05, 0.1) is 14.2 Å². The minimum absolute atomic E-state index is 0.560. The predicted molar refractivity (Wildman–Crippen MR) is 87.3 cm³/mol. The number of aryl methyl sites for hydroxylation is 1. The lowest BCUT2D eigenvalue weighted by Crippen LogP contribution is -1.96. The van der Waals surface area contributed by atoms with E-state index in [0.717, 1.165) is 22.3 Å². The average molecular weight is 311 g/mol. The fourth-order valence-corrected chi connectivity index (χ4v) is 2.65. The Hall–Kier alpha value is -3.09. The molecular formula is C16H17N5O2. The van der Waals surface area contributed by atoms with Crippen LogP contribution in [0.3, 0.4) is 0 Å². The number of aromatic nitrogens is 4. The van der Waals surface area contributed by atoms with Gasteiger partial charge < -0.3 is 15.2 Å². The van der Waals surface area contributed by atoms with Gasteiger partial charge in [-0.1, -0.05) is 6.07 Å². The van der Waals surface area contributed by atoms with Crippen molar-refractivity contribution in [1.82, 2.24) is 20.6 Å². The van der Waals surface area contributed by atoms with Crippen molar-refractivity contribution in [2.75, 3.05) is 20.0 Å². The van der Waals surface area contributed by atoms with E-state index in [2.05, 4.69) is 20.6 Å². The largest absolute Gasteiger partial charge is 0.493 e. The molecule has 23 heavy (non-hydrogen) atoms. The maximum atomic E-state index is 5.99. The van der Waals surface area contributed by atoms with E-state index >= 15 is 0 Å². The highest BCUT2D eigenvalue weighted by molar-refractivity contribution is 5.86. The normalized spacial score (nSPS) is 10.6. The number of tetrazole rings is 1. The molecule has 0 amide bonds. The second-order valence-electron chi connectivity index (χ2n) is 5.08. The summed E-state index contributed by atoms with van der Waals surface area (Å²) in [6.45, 7) is 2.00. The zero-order valence-electron chi connectivity index (χ0n) is 13.1. The minimum atomic E-state index is 0.560. The monoisotopic (exact) mass is 311 g/mol. The van der Waals surface area contributed by atoms with Crippen LogP contribution in [0.15, 0.2) is 30.3 Å². The van der Waals surface area contributed by atoms with Crippen molar-refractivity contribution >= 4 is 5.69 Å². The van der Waals surface area contributed by atoms with Crippen LogP contribution in [0.2, 0.25) is 0 Å². The third kappa shape index (κ3) is 2.68. The van der Waals surface area contributed by atoms with Crippen LogP contribution < -0.4 is 15.2 Å². The van der Waals surface area contributed by atoms with E-state index < -0.39 is 0 Å². The summed E-state index contributed by atoms with van der Waals surface area (Å²) in [7, 11) is 3.22. The number of nitrogen functional groups attached to an aromatic ring is 1. The number of H-pyrrole nitrogens is 1. The van der Waals surface area contributed by atoms with Gasteiger partial charge in [0, 0.05) is 11.3 Å². The first-order valence-electron chi connectivity index (χ1n) is 7.00. The Kier molecular flexibility index (Phi) is 3.84. The van der Waals surface area contributed by atoms with Crippen molar-refractivity contribution in [3.63, 3.8) is 0 Å². The fourth-order valence-electron chi connectivity index (χ4n) is 2.65. The first kappa shape index (κ1) is 14.8. The van der Waals surface area contributed by atoms with Crippen LogP contribution in [0, 0.1) is 6.92 Å². The zero-order valence-corrected chi connectivity index (χ0v) is 13.1. The number of hydrogen-bond donors (Lipinski definition) is 2. The van der Waals surface area contributed by atoms with E-state index in [0.29, 0.717) is 23.0 Å². The number of anilines is 1. The Bertz CT molecular complexity index is 831. The summed E-state index contributed by atoms with van der Waals surface area (Å²) in [4.78, 5) is 0. The van der Waals surface area contributed by atoms with Gasteiger partial charge in [-0.15, -0.1) is 5.10 Å². The van der Waals surface area contributed by atoms with Gasteiger partial charge in [0.25, 0.3) is 0 Å². The molecule has 0 saturated carbocycles. The van der Waals surface area contributed by atoms with Crippen LogP contribution in [0.1, 0.15) is 5.56 Å². The smallest absolute Gasteiger partial charge is 0.180 e. The topological polar surface area (TPSA) is 98.9 Å². The Morgan fingerprint density at radius 3 is 2.48 bits per heavy atom. The summed E-state index contributed by atoms with van der Waals surface area (Å²) in [5.74, 6) is 1.89. The second-order valence-corrected chi connectivity index (χ2v) is 5.08. The molecule has 1 heterocycles. The number of aromatic amines is 1. The van der Waals surface area contributed by atoms with Crippen molar-refractivity contribution in [3.8, 4) is 34.0 Å². The maximum absolute atomic E-state index is 5.99. The number of nitrogens with zero attached hydrogens (tertiary/aromatic N) is 3. The van der Waals surface area contributed by atoms with Crippen LogP contribution in [0.5, 0.6) is 11.5 Å². The molecule has 3 aromatic rings. The van der Waals surface area contributed by atoms with Crippen LogP contribution in [0.4, 0.5) is 5.69 Å². The Morgan fingerprint density at radius 2 is 1.83 bits per heavy atom. The molecule has 0 aliphatic heterocycles. The van der Waals surface area contributed by atoms with Gasteiger partial charge in [0.15, 0.2) is 17.3 Å². The van der Waals surface area contributed by atoms with Gasteiger partial charge in [-0.3, -0.25) is 0 Å². The van der Waals surface area contributed by atoms with Gasteiger partial charge in [0.1, 0.15) is 0 Å². The lowest BCUT2D eigenvalue weighted by Gasteiger charge is -2.15. The molecule has 2 aromatic carbocycles. The third-order valence-corrected chi connectivity index (χ3v) is 3.63. The quantitative estimate of drug-likeness (QED) is 0.718. The van der Waals surface area contributed by atoms with Gasteiger partial charge in [-0.25, -0.2) is 5.10 Å². The van der Waals surface area contributed by atoms with Gasteiger partial charge in [-0.2, -0.15) is 0 Å². The molecule has 7 heteroatoms. The molecule has 0 saturated heterocycles. The van der Waals surface area contributed by atoms with Crippen molar-refractivity contribution in [2.24, 2.45) is 0 Å². The molecule has 7 nitrogen and oxygen atoms in total. The molecule has 0 aliphatic rings. The molecule has 0 atom stereocenters. The number of ether oxygens (including phenoxy) is 2. The number of hydrogen-bond acceptors (Lipinski definition) is 6. The Morgan fingerprint density at radius 1 is 1.04 bits per heavy atom. The molecule has 0 unspecified atom stereocenters. The lowest BCUT2D eigenvalue weighted by molar-refractivity contribution is 0.355. The number of methoxy groups -OCH3 is 2. The van der Waals surface area contributed by atoms with Crippen LogP contribution in [-0.2, 0) is 0 Å². The highest BCUT2D eigenvalue weighted by Gasteiger charge is 2.16. The molecule has 0 spiro atoms. The summed E-state index contributed by atoms with van der Waals surface area (Å²) in [5.41, 5.74) is 10.4. The van der Waals surface area contributed by atoms with E-state index in [1.807, 2.05) is 37.3 Å². The summed E-state index contributed by atoms with van der Waals surface area (Å²) in [6, 6.07) is 9.52. The number of rotatable bonds is 4. The SMILES string of the molecule is COc1ccc(-c2c(C)cc(N)cc2-c2nnn[nH]2)cc1OC. The molecule has 0 radical (unpaired) electrons.